The Bertz CT molecular complexity index is 651. The SMILES string of the molecule is CN1CCC(Nc2cccc(NC(=O)c3ccccc3)n2)CC1. The van der Waals surface area contributed by atoms with E-state index in [4.69, 9.17) is 0 Å². The zero-order chi connectivity index (χ0) is 16.1. The normalized spacial score (nSPS) is 16.0. The highest BCUT2D eigenvalue weighted by atomic mass is 16.1. The van der Waals surface area contributed by atoms with Crippen molar-refractivity contribution in [3.05, 3.63) is 54.1 Å². The van der Waals surface area contributed by atoms with E-state index in [1.807, 2.05) is 30.3 Å². The minimum absolute atomic E-state index is 0.144. The Morgan fingerprint density at radius 3 is 2.48 bits per heavy atom. The van der Waals surface area contributed by atoms with E-state index in [9.17, 15) is 4.79 Å². The number of nitrogens with zero attached hydrogens (tertiary/aromatic N) is 2. The molecule has 0 aliphatic carbocycles. The zero-order valence-corrected chi connectivity index (χ0v) is 13.3. The quantitative estimate of drug-likeness (QED) is 0.912. The highest BCUT2D eigenvalue weighted by molar-refractivity contribution is 6.03. The van der Waals surface area contributed by atoms with Crippen molar-refractivity contribution in [2.75, 3.05) is 30.8 Å². The van der Waals surface area contributed by atoms with Crippen LogP contribution in [0.15, 0.2) is 48.5 Å². The van der Waals surface area contributed by atoms with Crippen LogP contribution in [-0.4, -0.2) is 42.0 Å². The van der Waals surface area contributed by atoms with Crippen LogP contribution in [0.1, 0.15) is 23.2 Å². The third-order valence-electron chi connectivity index (χ3n) is 4.10. The number of aromatic nitrogens is 1. The molecule has 0 radical (unpaired) electrons. The van der Waals surface area contributed by atoms with Crippen LogP contribution in [-0.2, 0) is 0 Å². The van der Waals surface area contributed by atoms with Crippen LogP contribution in [0.25, 0.3) is 0 Å². The Morgan fingerprint density at radius 2 is 1.74 bits per heavy atom. The van der Waals surface area contributed by atoms with Gasteiger partial charge in [0.05, 0.1) is 0 Å². The largest absolute Gasteiger partial charge is 0.367 e. The number of carbonyl (C=O) groups is 1. The van der Waals surface area contributed by atoms with Crippen LogP contribution in [0.4, 0.5) is 11.6 Å². The molecule has 1 aromatic heterocycles. The third kappa shape index (κ3) is 4.29. The minimum atomic E-state index is -0.144. The fraction of sp³-hybridized carbons (Fsp3) is 0.333. The molecule has 1 aliphatic rings. The fourth-order valence-electron chi connectivity index (χ4n) is 2.72. The Balaban J connectivity index is 1.62. The van der Waals surface area contributed by atoms with Crippen molar-refractivity contribution in [1.29, 1.82) is 0 Å². The molecule has 0 unspecified atom stereocenters. The number of hydrogen-bond donors (Lipinski definition) is 2. The fourth-order valence-corrected chi connectivity index (χ4v) is 2.72. The van der Waals surface area contributed by atoms with Crippen molar-refractivity contribution < 1.29 is 4.79 Å². The highest BCUT2D eigenvalue weighted by Gasteiger charge is 2.16. The molecule has 0 saturated carbocycles. The van der Waals surface area contributed by atoms with Crippen LogP contribution in [0.5, 0.6) is 0 Å². The lowest BCUT2D eigenvalue weighted by Gasteiger charge is -2.29. The van der Waals surface area contributed by atoms with Gasteiger partial charge in [-0.15, -0.1) is 0 Å². The van der Waals surface area contributed by atoms with Gasteiger partial charge in [-0.05, 0) is 57.2 Å². The second kappa shape index (κ2) is 7.24. The summed E-state index contributed by atoms with van der Waals surface area (Å²) < 4.78 is 0. The standard InChI is InChI=1S/C18H22N4O/c1-22-12-10-15(11-13-22)19-16-8-5-9-17(20-16)21-18(23)14-6-3-2-4-7-14/h2-9,15H,10-13H2,1H3,(H2,19,20,21,23). The van der Waals surface area contributed by atoms with Crippen molar-refractivity contribution in [1.82, 2.24) is 9.88 Å². The van der Waals surface area contributed by atoms with Crippen molar-refractivity contribution in [3.8, 4) is 0 Å². The molecule has 1 fully saturated rings. The van der Waals surface area contributed by atoms with E-state index in [1.165, 1.54) is 0 Å². The number of likely N-dealkylation sites (tertiary alicyclic amines) is 1. The first-order valence-electron chi connectivity index (χ1n) is 7.99. The Morgan fingerprint density at radius 1 is 1.04 bits per heavy atom. The lowest BCUT2D eigenvalue weighted by atomic mass is 10.1. The maximum Gasteiger partial charge on any atom is 0.256 e. The first-order valence-corrected chi connectivity index (χ1v) is 7.99. The van der Waals surface area contributed by atoms with Crippen molar-refractivity contribution in [3.63, 3.8) is 0 Å². The van der Waals surface area contributed by atoms with E-state index in [2.05, 4.69) is 27.6 Å². The van der Waals surface area contributed by atoms with E-state index < -0.39 is 0 Å². The smallest absolute Gasteiger partial charge is 0.256 e. The molecule has 2 heterocycles. The molecule has 1 aromatic carbocycles. The topological polar surface area (TPSA) is 57.3 Å². The maximum atomic E-state index is 12.2. The Kier molecular flexibility index (Phi) is 4.88. The number of rotatable bonds is 4. The second-order valence-electron chi connectivity index (χ2n) is 5.95. The van der Waals surface area contributed by atoms with Gasteiger partial charge in [0.1, 0.15) is 11.6 Å². The summed E-state index contributed by atoms with van der Waals surface area (Å²) in [6.45, 7) is 2.20. The number of hydrogen-bond acceptors (Lipinski definition) is 4. The summed E-state index contributed by atoms with van der Waals surface area (Å²) in [5.41, 5.74) is 0.628. The Labute approximate surface area is 136 Å². The van der Waals surface area contributed by atoms with Gasteiger partial charge >= 0.3 is 0 Å². The third-order valence-corrected chi connectivity index (χ3v) is 4.10. The lowest BCUT2D eigenvalue weighted by molar-refractivity contribution is 0.102. The maximum absolute atomic E-state index is 12.2. The van der Waals surface area contributed by atoms with Crippen LogP contribution in [0, 0.1) is 0 Å². The predicted molar refractivity (Wildman–Crippen MR) is 92.8 cm³/mol. The molecular formula is C18H22N4O. The van der Waals surface area contributed by atoms with Gasteiger partial charge in [0.15, 0.2) is 0 Å². The van der Waals surface area contributed by atoms with Gasteiger partial charge in [-0.3, -0.25) is 4.79 Å². The van der Waals surface area contributed by atoms with Crippen molar-refractivity contribution in [2.24, 2.45) is 0 Å². The van der Waals surface area contributed by atoms with Gasteiger partial charge in [0.25, 0.3) is 5.91 Å². The first-order chi connectivity index (χ1) is 11.2. The van der Waals surface area contributed by atoms with E-state index in [0.29, 0.717) is 17.4 Å². The summed E-state index contributed by atoms with van der Waals surface area (Å²) in [5, 5.41) is 6.31. The summed E-state index contributed by atoms with van der Waals surface area (Å²) >= 11 is 0. The number of amides is 1. The number of nitrogens with one attached hydrogen (secondary N) is 2. The van der Waals surface area contributed by atoms with Gasteiger partial charge in [0, 0.05) is 11.6 Å². The van der Waals surface area contributed by atoms with Gasteiger partial charge in [-0.1, -0.05) is 24.3 Å². The Hall–Kier alpha value is -2.40. The molecule has 2 aromatic rings. The second-order valence-corrected chi connectivity index (χ2v) is 5.95. The average Bonchev–Trinajstić information content (AvgIpc) is 2.58. The molecule has 0 spiro atoms. The van der Waals surface area contributed by atoms with Gasteiger partial charge in [0.2, 0.25) is 0 Å². The van der Waals surface area contributed by atoms with Crippen molar-refractivity contribution in [2.45, 2.75) is 18.9 Å². The minimum Gasteiger partial charge on any atom is -0.367 e. The monoisotopic (exact) mass is 310 g/mol. The average molecular weight is 310 g/mol. The van der Waals surface area contributed by atoms with Crippen LogP contribution < -0.4 is 10.6 Å². The molecule has 0 atom stereocenters. The molecule has 5 heteroatoms. The van der Waals surface area contributed by atoms with Gasteiger partial charge < -0.3 is 15.5 Å². The molecule has 1 aliphatic heterocycles. The summed E-state index contributed by atoms with van der Waals surface area (Å²) in [6.07, 6.45) is 2.22. The van der Waals surface area contributed by atoms with Crippen LogP contribution >= 0.6 is 0 Å². The molecule has 1 saturated heterocycles. The number of pyridine rings is 1. The van der Waals surface area contributed by atoms with E-state index in [0.717, 1.165) is 31.7 Å². The number of anilines is 2. The highest BCUT2D eigenvalue weighted by Crippen LogP contribution is 2.16. The molecule has 5 nitrogen and oxygen atoms in total. The summed E-state index contributed by atoms with van der Waals surface area (Å²) in [7, 11) is 2.15. The summed E-state index contributed by atoms with van der Waals surface area (Å²) in [6, 6.07) is 15.3. The molecule has 0 bridgehead atoms. The zero-order valence-electron chi connectivity index (χ0n) is 13.3. The number of piperidine rings is 1. The summed E-state index contributed by atoms with van der Waals surface area (Å²) in [4.78, 5) is 19.0. The van der Waals surface area contributed by atoms with Gasteiger partial charge in [-0.25, -0.2) is 4.98 Å². The number of benzene rings is 1. The predicted octanol–water partition coefficient (Wildman–Crippen LogP) is 2.84. The lowest BCUT2D eigenvalue weighted by Crippen LogP contribution is -2.36. The molecular weight excluding hydrogens is 288 g/mol. The molecule has 3 rings (SSSR count). The van der Waals surface area contributed by atoms with Crippen LogP contribution in [0.3, 0.4) is 0 Å². The summed E-state index contributed by atoms with van der Waals surface area (Å²) in [5.74, 6) is 1.23. The molecule has 23 heavy (non-hydrogen) atoms. The molecule has 2 N–H and O–H groups in total. The molecule has 120 valence electrons. The van der Waals surface area contributed by atoms with E-state index in [1.54, 1.807) is 18.2 Å². The molecule has 1 amide bonds. The first kappa shape index (κ1) is 15.5. The number of carbonyl (C=O) groups excluding carboxylic acids is 1. The van der Waals surface area contributed by atoms with E-state index in [-0.39, 0.29) is 5.91 Å². The van der Waals surface area contributed by atoms with Crippen molar-refractivity contribution >= 4 is 17.5 Å². The van der Waals surface area contributed by atoms with Gasteiger partial charge in [-0.2, -0.15) is 0 Å². The van der Waals surface area contributed by atoms with E-state index >= 15 is 0 Å². The van der Waals surface area contributed by atoms with Crippen LogP contribution in [0.2, 0.25) is 0 Å².